The number of amides is 2. The molecule has 0 saturated heterocycles. The van der Waals surface area contributed by atoms with Gasteiger partial charge in [0.1, 0.15) is 0 Å². The highest BCUT2D eigenvalue weighted by molar-refractivity contribution is 5.89. The second kappa shape index (κ2) is 6.24. The van der Waals surface area contributed by atoms with Crippen molar-refractivity contribution in [3.8, 4) is 6.07 Å². The van der Waals surface area contributed by atoms with Gasteiger partial charge in [0, 0.05) is 11.7 Å². The minimum Gasteiger partial charge on any atom is -0.335 e. The molecule has 1 aromatic rings. The maximum absolute atomic E-state index is 11.9. The number of rotatable bonds is 2. The maximum Gasteiger partial charge on any atom is 0.319 e. The van der Waals surface area contributed by atoms with Gasteiger partial charge in [0.2, 0.25) is 0 Å². The van der Waals surface area contributed by atoms with E-state index in [2.05, 4.69) is 23.6 Å². The lowest BCUT2D eigenvalue weighted by Crippen LogP contribution is -2.40. The molecule has 2 rings (SSSR count). The Morgan fingerprint density at radius 3 is 3.00 bits per heavy atom. The molecular weight excluding hydrogens is 238 g/mol. The van der Waals surface area contributed by atoms with Crippen molar-refractivity contribution in [1.29, 1.82) is 5.26 Å². The van der Waals surface area contributed by atoms with Gasteiger partial charge in [0.05, 0.1) is 11.6 Å². The Balaban J connectivity index is 1.88. The van der Waals surface area contributed by atoms with Crippen LogP contribution in [-0.4, -0.2) is 12.1 Å². The molecule has 4 nitrogen and oxygen atoms in total. The molecule has 1 saturated carbocycles. The number of nitrogens with zero attached hydrogens (tertiary/aromatic N) is 1. The van der Waals surface area contributed by atoms with E-state index in [1.54, 1.807) is 24.3 Å². The average Bonchev–Trinajstić information content (AvgIpc) is 2.38. The smallest absolute Gasteiger partial charge is 0.319 e. The largest absolute Gasteiger partial charge is 0.335 e. The Morgan fingerprint density at radius 1 is 1.42 bits per heavy atom. The molecule has 4 heteroatoms. The Labute approximate surface area is 113 Å². The van der Waals surface area contributed by atoms with E-state index < -0.39 is 0 Å². The van der Waals surface area contributed by atoms with Gasteiger partial charge in [-0.25, -0.2) is 4.79 Å². The summed E-state index contributed by atoms with van der Waals surface area (Å²) in [6, 6.07) is 9.06. The van der Waals surface area contributed by atoms with Crippen molar-refractivity contribution >= 4 is 11.7 Å². The molecule has 1 aliphatic rings. The SMILES string of the molecule is CC1CCCC(NC(=O)Nc2cccc(C#N)c2)C1. The fourth-order valence-corrected chi connectivity index (χ4v) is 2.58. The van der Waals surface area contributed by atoms with Gasteiger partial charge in [-0.2, -0.15) is 5.26 Å². The minimum absolute atomic E-state index is 0.186. The van der Waals surface area contributed by atoms with Crippen LogP contribution in [0.1, 0.15) is 38.2 Å². The van der Waals surface area contributed by atoms with Crippen LogP contribution < -0.4 is 10.6 Å². The zero-order valence-corrected chi connectivity index (χ0v) is 11.1. The first-order valence-electron chi connectivity index (χ1n) is 6.75. The highest BCUT2D eigenvalue weighted by Crippen LogP contribution is 2.23. The van der Waals surface area contributed by atoms with E-state index in [1.165, 1.54) is 12.8 Å². The number of carbonyl (C=O) groups excluding carboxylic acids is 1. The summed E-state index contributed by atoms with van der Waals surface area (Å²) in [6.45, 7) is 2.22. The summed E-state index contributed by atoms with van der Waals surface area (Å²) in [6.07, 6.45) is 4.53. The van der Waals surface area contributed by atoms with Crippen LogP contribution in [0.4, 0.5) is 10.5 Å². The summed E-state index contributed by atoms with van der Waals surface area (Å²) in [5, 5.41) is 14.6. The Bertz CT molecular complexity index is 492. The summed E-state index contributed by atoms with van der Waals surface area (Å²) >= 11 is 0. The van der Waals surface area contributed by atoms with Crippen LogP contribution in [0.2, 0.25) is 0 Å². The van der Waals surface area contributed by atoms with Crippen LogP contribution in [0.15, 0.2) is 24.3 Å². The third kappa shape index (κ3) is 3.99. The van der Waals surface area contributed by atoms with E-state index in [4.69, 9.17) is 5.26 Å². The lowest BCUT2D eigenvalue weighted by Gasteiger charge is -2.27. The second-order valence-corrected chi connectivity index (χ2v) is 5.26. The van der Waals surface area contributed by atoms with Gasteiger partial charge in [-0.1, -0.05) is 25.8 Å². The summed E-state index contributed by atoms with van der Waals surface area (Å²) in [4.78, 5) is 11.9. The van der Waals surface area contributed by atoms with E-state index in [1.807, 2.05) is 0 Å². The monoisotopic (exact) mass is 257 g/mol. The molecule has 100 valence electrons. The zero-order valence-electron chi connectivity index (χ0n) is 11.1. The van der Waals surface area contributed by atoms with Crippen LogP contribution >= 0.6 is 0 Å². The standard InChI is InChI=1S/C15H19N3O/c1-11-4-2-6-13(8-11)17-15(19)18-14-7-3-5-12(9-14)10-16/h3,5,7,9,11,13H,2,4,6,8H2,1H3,(H2,17,18,19). The van der Waals surface area contributed by atoms with E-state index in [0.29, 0.717) is 17.2 Å². The van der Waals surface area contributed by atoms with Crippen LogP contribution in [-0.2, 0) is 0 Å². The molecule has 1 aromatic carbocycles. The molecule has 0 radical (unpaired) electrons. The molecule has 0 spiro atoms. The first-order chi connectivity index (χ1) is 9.17. The number of hydrogen-bond acceptors (Lipinski definition) is 2. The highest BCUT2D eigenvalue weighted by atomic mass is 16.2. The molecule has 2 amide bonds. The maximum atomic E-state index is 11.9. The normalized spacial score (nSPS) is 22.3. The fourth-order valence-electron chi connectivity index (χ4n) is 2.58. The predicted octanol–water partition coefficient (Wildman–Crippen LogP) is 3.26. The van der Waals surface area contributed by atoms with Crippen molar-refractivity contribution < 1.29 is 4.79 Å². The van der Waals surface area contributed by atoms with Crippen LogP contribution in [0.25, 0.3) is 0 Å². The predicted molar refractivity (Wildman–Crippen MR) is 74.7 cm³/mol. The zero-order chi connectivity index (χ0) is 13.7. The number of benzene rings is 1. The molecule has 1 aliphatic carbocycles. The van der Waals surface area contributed by atoms with Crippen molar-refractivity contribution in [2.75, 3.05) is 5.32 Å². The molecule has 2 N–H and O–H groups in total. The second-order valence-electron chi connectivity index (χ2n) is 5.26. The lowest BCUT2D eigenvalue weighted by atomic mass is 9.87. The Hall–Kier alpha value is -2.02. The number of urea groups is 1. The molecule has 0 heterocycles. The van der Waals surface area contributed by atoms with Gasteiger partial charge in [-0.3, -0.25) is 0 Å². The fraction of sp³-hybridized carbons (Fsp3) is 0.467. The molecule has 2 unspecified atom stereocenters. The van der Waals surface area contributed by atoms with Gasteiger partial charge in [-0.05, 0) is 37.0 Å². The average molecular weight is 257 g/mol. The van der Waals surface area contributed by atoms with E-state index in [-0.39, 0.29) is 12.1 Å². The van der Waals surface area contributed by atoms with E-state index in [0.717, 1.165) is 12.8 Å². The van der Waals surface area contributed by atoms with Gasteiger partial charge in [0.25, 0.3) is 0 Å². The summed E-state index contributed by atoms with van der Waals surface area (Å²) in [5.74, 6) is 0.681. The van der Waals surface area contributed by atoms with Crippen molar-refractivity contribution in [2.24, 2.45) is 5.92 Å². The molecule has 0 aliphatic heterocycles. The van der Waals surface area contributed by atoms with Gasteiger partial charge in [0.15, 0.2) is 0 Å². The highest BCUT2D eigenvalue weighted by Gasteiger charge is 2.20. The Morgan fingerprint density at radius 2 is 2.26 bits per heavy atom. The molecular formula is C15H19N3O. The van der Waals surface area contributed by atoms with Gasteiger partial charge >= 0.3 is 6.03 Å². The first-order valence-corrected chi connectivity index (χ1v) is 6.75. The van der Waals surface area contributed by atoms with Gasteiger partial charge < -0.3 is 10.6 Å². The van der Waals surface area contributed by atoms with Crippen molar-refractivity contribution in [1.82, 2.24) is 5.32 Å². The third-order valence-corrected chi connectivity index (χ3v) is 3.52. The first kappa shape index (κ1) is 13.4. The topological polar surface area (TPSA) is 64.9 Å². The quantitative estimate of drug-likeness (QED) is 0.854. The molecule has 0 aromatic heterocycles. The van der Waals surface area contributed by atoms with Crippen molar-refractivity contribution in [3.63, 3.8) is 0 Å². The molecule has 1 fully saturated rings. The van der Waals surface area contributed by atoms with Crippen molar-refractivity contribution in [2.45, 2.75) is 38.6 Å². The van der Waals surface area contributed by atoms with Crippen LogP contribution in [0.3, 0.4) is 0 Å². The molecule has 0 bridgehead atoms. The summed E-state index contributed by atoms with van der Waals surface area (Å²) in [7, 11) is 0. The number of nitriles is 1. The number of carbonyl (C=O) groups is 1. The van der Waals surface area contributed by atoms with E-state index >= 15 is 0 Å². The summed E-state index contributed by atoms with van der Waals surface area (Å²) in [5.41, 5.74) is 1.20. The third-order valence-electron chi connectivity index (χ3n) is 3.52. The number of anilines is 1. The number of nitrogens with one attached hydrogen (secondary N) is 2. The van der Waals surface area contributed by atoms with Gasteiger partial charge in [-0.15, -0.1) is 0 Å². The Kier molecular flexibility index (Phi) is 4.40. The molecule has 2 atom stereocenters. The molecule has 19 heavy (non-hydrogen) atoms. The number of hydrogen-bond donors (Lipinski definition) is 2. The van der Waals surface area contributed by atoms with Crippen LogP contribution in [0.5, 0.6) is 0 Å². The van der Waals surface area contributed by atoms with E-state index in [9.17, 15) is 4.79 Å². The van der Waals surface area contributed by atoms with Crippen LogP contribution in [0, 0.1) is 17.2 Å². The minimum atomic E-state index is -0.186. The summed E-state index contributed by atoms with van der Waals surface area (Å²) < 4.78 is 0. The lowest BCUT2D eigenvalue weighted by molar-refractivity contribution is 0.238. The van der Waals surface area contributed by atoms with Crippen molar-refractivity contribution in [3.05, 3.63) is 29.8 Å².